The van der Waals surface area contributed by atoms with Crippen molar-refractivity contribution in [2.45, 2.75) is 39.5 Å². The van der Waals surface area contributed by atoms with Crippen molar-refractivity contribution >= 4 is 27.6 Å². The molecule has 5 rings (SSSR count). The highest BCUT2D eigenvalue weighted by atomic mass is 15.3. The molecule has 0 aliphatic carbocycles. The molecular weight excluding hydrogens is 362 g/mol. The molecule has 7 nitrogen and oxygen atoms in total. The van der Waals surface area contributed by atoms with Gasteiger partial charge in [-0.15, -0.1) is 0 Å². The number of aryl methyl sites for hydroxylation is 3. The molecule has 0 saturated heterocycles. The average molecular weight is 385 g/mol. The van der Waals surface area contributed by atoms with Crippen LogP contribution in [0.2, 0.25) is 0 Å². The minimum atomic E-state index is 0.105. The predicted molar refractivity (Wildman–Crippen MR) is 113 cm³/mol. The SMILES string of the molecule is Cc1ncc(C)n2nc(C(C)[C@@H](C)c3nc4c5cccnc5ccc4n3C)nc12. The van der Waals surface area contributed by atoms with Crippen LogP contribution in [0, 0.1) is 13.8 Å². The molecule has 1 aromatic carbocycles. The molecule has 2 atom stereocenters. The van der Waals surface area contributed by atoms with Crippen LogP contribution < -0.4 is 0 Å². The summed E-state index contributed by atoms with van der Waals surface area (Å²) < 4.78 is 4.06. The van der Waals surface area contributed by atoms with Gasteiger partial charge in [0.05, 0.1) is 27.9 Å². The summed E-state index contributed by atoms with van der Waals surface area (Å²) in [5.74, 6) is 2.09. The number of rotatable bonds is 3. The molecule has 0 aliphatic heterocycles. The summed E-state index contributed by atoms with van der Waals surface area (Å²) in [4.78, 5) is 18.7. The Hall–Kier alpha value is -3.35. The van der Waals surface area contributed by atoms with Crippen LogP contribution in [0.15, 0.2) is 36.7 Å². The number of nitrogens with zero attached hydrogens (tertiary/aromatic N) is 7. The van der Waals surface area contributed by atoms with Crippen molar-refractivity contribution in [2.75, 3.05) is 0 Å². The van der Waals surface area contributed by atoms with Crippen LogP contribution in [-0.4, -0.2) is 34.1 Å². The van der Waals surface area contributed by atoms with Crippen molar-refractivity contribution in [2.24, 2.45) is 7.05 Å². The van der Waals surface area contributed by atoms with Crippen LogP contribution in [0.25, 0.3) is 27.6 Å². The summed E-state index contributed by atoms with van der Waals surface area (Å²) >= 11 is 0. The maximum absolute atomic E-state index is 5.02. The summed E-state index contributed by atoms with van der Waals surface area (Å²) in [5, 5.41) is 5.85. The fourth-order valence-corrected chi connectivity index (χ4v) is 3.98. The summed E-state index contributed by atoms with van der Waals surface area (Å²) in [7, 11) is 2.07. The highest BCUT2D eigenvalue weighted by Crippen LogP contribution is 2.33. The largest absolute Gasteiger partial charge is 0.331 e. The first-order valence-electron chi connectivity index (χ1n) is 9.84. The van der Waals surface area contributed by atoms with Crippen LogP contribution >= 0.6 is 0 Å². The third-order valence-corrected chi connectivity index (χ3v) is 5.96. The second-order valence-corrected chi connectivity index (χ2v) is 7.80. The first-order chi connectivity index (χ1) is 14.0. The van der Waals surface area contributed by atoms with E-state index in [-0.39, 0.29) is 11.8 Å². The van der Waals surface area contributed by atoms with Gasteiger partial charge in [-0.25, -0.2) is 14.5 Å². The molecule has 0 fully saturated rings. The zero-order valence-corrected chi connectivity index (χ0v) is 17.2. The molecule has 5 aromatic rings. The Bertz CT molecular complexity index is 1340. The average Bonchev–Trinajstić information content (AvgIpc) is 3.33. The summed E-state index contributed by atoms with van der Waals surface area (Å²) in [6, 6.07) is 8.19. The lowest BCUT2D eigenvalue weighted by Crippen LogP contribution is -2.11. The molecule has 0 saturated carbocycles. The number of hydrogen-bond acceptors (Lipinski definition) is 5. The maximum atomic E-state index is 5.02. The van der Waals surface area contributed by atoms with Crippen molar-refractivity contribution in [3.8, 4) is 0 Å². The first-order valence-corrected chi connectivity index (χ1v) is 9.84. The minimum Gasteiger partial charge on any atom is -0.331 e. The zero-order valence-electron chi connectivity index (χ0n) is 17.2. The van der Waals surface area contributed by atoms with Gasteiger partial charge in [0.2, 0.25) is 0 Å². The van der Waals surface area contributed by atoms with E-state index in [1.54, 1.807) is 0 Å². The standard InChI is InChI=1S/C22H23N7/c1-12-11-24-15(4)22-26-20(27-29(12)22)13(2)14(3)21-25-19-16-7-6-10-23-17(16)8-9-18(19)28(21)5/h6-11,13-14H,1-5H3/t13?,14-/m1/s1. The summed E-state index contributed by atoms with van der Waals surface area (Å²) in [5.41, 5.74) is 5.75. The Morgan fingerprint density at radius 1 is 0.966 bits per heavy atom. The molecular formula is C22H23N7. The monoisotopic (exact) mass is 385 g/mol. The Morgan fingerprint density at radius 2 is 1.79 bits per heavy atom. The number of benzene rings is 1. The Labute approximate surface area is 168 Å². The van der Waals surface area contributed by atoms with Gasteiger partial charge in [0.25, 0.3) is 0 Å². The molecule has 4 heterocycles. The van der Waals surface area contributed by atoms with Gasteiger partial charge in [-0.2, -0.15) is 5.10 Å². The van der Waals surface area contributed by atoms with E-state index < -0.39 is 0 Å². The lowest BCUT2D eigenvalue weighted by atomic mass is 9.94. The second kappa shape index (κ2) is 6.34. The van der Waals surface area contributed by atoms with Gasteiger partial charge in [0.15, 0.2) is 11.5 Å². The van der Waals surface area contributed by atoms with Gasteiger partial charge >= 0.3 is 0 Å². The predicted octanol–water partition coefficient (Wildman–Crippen LogP) is 4.08. The molecule has 146 valence electrons. The van der Waals surface area contributed by atoms with Gasteiger partial charge in [0.1, 0.15) is 5.82 Å². The maximum Gasteiger partial charge on any atom is 0.177 e. The molecule has 0 amide bonds. The van der Waals surface area contributed by atoms with Crippen LogP contribution in [0.3, 0.4) is 0 Å². The van der Waals surface area contributed by atoms with E-state index >= 15 is 0 Å². The molecule has 0 aliphatic rings. The quantitative estimate of drug-likeness (QED) is 0.468. The normalized spacial score (nSPS) is 14.1. The minimum absolute atomic E-state index is 0.105. The Balaban J connectivity index is 1.61. The Kier molecular flexibility index (Phi) is 3.87. The smallest absolute Gasteiger partial charge is 0.177 e. The zero-order chi connectivity index (χ0) is 20.3. The van der Waals surface area contributed by atoms with E-state index in [1.807, 2.05) is 36.8 Å². The number of aromatic nitrogens is 7. The van der Waals surface area contributed by atoms with Gasteiger partial charge in [-0.1, -0.05) is 13.8 Å². The van der Waals surface area contributed by atoms with Crippen molar-refractivity contribution in [1.82, 2.24) is 34.1 Å². The molecule has 1 unspecified atom stereocenters. The number of pyridine rings is 1. The van der Waals surface area contributed by atoms with Crippen molar-refractivity contribution in [1.29, 1.82) is 0 Å². The van der Waals surface area contributed by atoms with Gasteiger partial charge in [-0.05, 0) is 38.1 Å². The van der Waals surface area contributed by atoms with E-state index in [2.05, 4.69) is 53.6 Å². The Morgan fingerprint density at radius 3 is 2.59 bits per heavy atom. The van der Waals surface area contributed by atoms with Gasteiger partial charge < -0.3 is 4.57 Å². The second-order valence-electron chi connectivity index (χ2n) is 7.80. The first kappa shape index (κ1) is 17.7. The lowest BCUT2D eigenvalue weighted by molar-refractivity contribution is 0.547. The molecule has 0 N–H and O–H groups in total. The van der Waals surface area contributed by atoms with Gasteiger partial charge in [-0.3, -0.25) is 9.97 Å². The van der Waals surface area contributed by atoms with Crippen molar-refractivity contribution < 1.29 is 0 Å². The fraction of sp³-hybridized carbons (Fsp3) is 0.318. The summed E-state index contributed by atoms with van der Waals surface area (Å²) in [6.45, 7) is 8.31. The van der Waals surface area contributed by atoms with Crippen molar-refractivity contribution in [3.05, 3.63) is 59.7 Å². The van der Waals surface area contributed by atoms with Crippen molar-refractivity contribution in [3.63, 3.8) is 0 Å². The summed E-state index contributed by atoms with van der Waals surface area (Å²) in [6.07, 6.45) is 3.65. The molecule has 7 heteroatoms. The topological polar surface area (TPSA) is 73.8 Å². The number of fused-ring (bicyclic) bond motifs is 4. The van der Waals surface area contributed by atoms with E-state index in [1.165, 1.54) is 0 Å². The molecule has 4 aromatic heterocycles. The van der Waals surface area contributed by atoms with Gasteiger partial charge in [0, 0.05) is 36.7 Å². The number of imidazole rings is 1. The lowest BCUT2D eigenvalue weighted by Gasteiger charge is -2.16. The number of hydrogen-bond donors (Lipinski definition) is 0. The molecule has 29 heavy (non-hydrogen) atoms. The highest BCUT2D eigenvalue weighted by Gasteiger charge is 2.26. The third kappa shape index (κ3) is 2.61. The van der Waals surface area contributed by atoms with Crippen LogP contribution in [-0.2, 0) is 7.05 Å². The van der Waals surface area contributed by atoms with E-state index in [0.717, 1.165) is 50.6 Å². The van der Waals surface area contributed by atoms with E-state index in [0.29, 0.717) is 0 Å². The third-order valence-electron chi connectivity index (χ3n) is 5.96. The highest BCUT2D eigenvalue weighted by molar-refractivity contribution is 6.02. The molecule has 0 bridgehead atoms. The van der Waals surface area contributed by atoms with Crippen LogP contribution in [0.4, 0.5) is 0 Å². The van der Waals surface area contributed by atoms with E-state index in [4.69, 9.17) is 15.1 Å². The van der Waals surface area contributed by atoms with Crippen LogP contribution in [0.5, 0.6) is 0 Å². The molecule has 0 radical (unpaired) electrons. The van der Waals surface area contributed by atoms with Crippen LogP contribution in [0.1, 0.15) is 48.7 Å². The van der Waals surface area contributed by atoms with E-state index in [9.17, 15) is 0 Å². The fourth-order valence-electron chi connectivity index (χ4n) is 3.98. The molecule has 0 spiro atoms.